The molecule has 0 bridgehead atoms. The molecule has 1 heterocycles. The van der Waals surface area contributed by atoms with E-state index in [1.54, 1.807) is 16.2 Å². The lowest BCUT2D eigenvalue weighted by atomic mass is 9.88. The van der Waals surface area contributed by atoms with Crippen molar-refractivity contribution >= 4 is 23.2 Å². The summed E-state index contributed by atoms with van der Waals surface area (Å²) in [6, 6.07) is 0. The van der Waals surface area contributed by atoms with Crippen molar-refractivity contribution in [2.45, 2.75) is 59.4 Å². The Kier molecular flexibility index (Phi) is 5.50. The first kappa shape index (κ1) is 18.0. The Balaban J connectivity index is 2.10. The van der Waals surface area contributed by atoms with Gasteiger partial charge in [-0.05, 0) is 58.4 Å². The van der Waals surface area contributed by atoms with E-state index < -0.39 is 0 Å². The maximum atomic E-state index is 12.8. The van der Waals surface area contributed by atoms with Crippen molar-refractivity contribution in [1.82, 2.24) is 10.2 Å². The predicted molar refractivity (Wildman–Crippen MR) is 95.0 cm³/mol. The lowest BCUT2D eigenvalue weighted by molar-refractivity contribution is -0.123. The van der Waals surface area contributed by atoms with Gasteiger partial charge < -0.3 is 10.2 Å². The van der Waals surface area contributed by atoms with Crippen LogP contribution in [0, 0.1) is 5.92 Å². The summed E-state index contributed by atoms with van der Waals surface area (Å²) in [6.45, 7) is 10.7. The fraction of sp³-hybridized carbons (Fsp3) is 0.667. The summed E-state index contributed by atoms with van der Waals surface area (Å²) in [5.41, 5.74) is 1.74. The normalized spacial score (nSPS) is 17.5. The summed E-state index contributed by atoms with van der Waals surface area (Å²) in [4.78, 5) is 28.0. The van der Waals surface area contributed by atoms with Crippen LogP contribution in [0.4, 0.5) is 0 Å². The Morgan fingerprint density at radius 3 is 2.70 bits per heavy atom. The van der Waals surface area contributed by atoms with Crippen LogP contribution in [0.1, 0.15) is 61.8 Å². The molecule has 2 amide bonds. The molecule has 4 nitrogen and oxygen atoms in total. The first-order chi connectivity index (χ1) is 10.7. The van der Waals surface area contributed by atoms with E-state index in [1.165, 1.54) is 10.4 Å². The minimum Gasteiger partial charge on any atom is -0.350 e. The van der Waals surface area contributed by atoms with Gasteiger partial charge in [0.05, 0.1) is 12.1 Å². The predicted octanol–water partition coefficient (Wildman–Crippen LogP) is 3.25. The zero-order chi connectivity index (χ0) is 17.2. The maximum absolute atomic E-state index is 12.8. The lowest BCUT2D eigenvalue weighted by Gasteiger charge is -2.26. The summed E-state index contributed by atoms with van der Waals surface area (Å²) in [7, 11) is 0. The fourth-order valence-corrected chi connectivity index (χ4v) is 4.22. The number of carbonyl (C=O) groups is 2. The highest BCUT2D eigenvalue weighted by Gasteiger charge is 2.27. The van der Waals surface area contributed by atoms with E-state index >= 15 is 0 Å². The van der Waals surface area contributed by atoms with Crippen molar-refractivity contribution < 1.29 is 9.59 Å². The summed E-state index contributed by atoms with van der Waals surface area (Å²) < 4.78 is 0. The van der Waals surface area contributed by atoms with E-state index in [9.17, 15) is 9.59 Å². The van der Waals surface area contributed by atoms with Crippen LogP contribution in [0.2, 0.25) is 0 Å². The molecule has 23 heavy (non-hydrogen) atoms. The van der Waals surface area contributed by atoms with E-state index in [-0.39, 0.29) is 23.9 Å². The molecule has 1 N–H and O–H groups in total. The zero-order valence-corrected chi connectivity index (χ0v) is 15.7. The van der Waals surface area contributed by atoms with Crippen LogP contribution >= 0.6 is 11.3 Å². The summed E-state index contributed by atoms with van der Waals surface area (Å²) in [5, 5.41) is 4.90. The molecule has 1 atom stereocenters. The summed E-state index contributed by atoms with van der Waals surface area (Å²) in [5.74, 6) is 0.581. The number of carbonyl (C=O) groups excluding carboxylic acids is 2. The van der Waals surface area contributed by atoms with Crippen LogP contribution < -0.4 is 5.32 Å². The number of fused-ring (bicyclic) bond motifs is 1. The van der Waals surface area contributed by atoms with Crippen LogP contribution in [0.5, 0.6) is 0 Å². The minimum atomic E-state index is -0.281. The quantitative estimate of drug-likeness (QED) is 0.917. The second-order valence-corrected chi connectivity index (χ2v) is 8.48. The average molecular weight is 337 g/mol. The number of nitrogens with zero attached hydrogens (tertiary/aromatic N) is 1. The Morgan fingerprint density at radius 1 is 1.39 bits per heavy atom. The van der Waals surface area contributed by atoms with Crippen molar-refractivity contribution in [2.24, 2.45) is 5.92 Å². The second-order valence-electron chi connectivity index (χ2n) is 7.52. The number of hydrogen-bond donors (Lipinski definition) is 1. The molecule has 0 aliphatic heterocycles. The smallest absolute Gasteiger partial charge is 0.255 e. The first-order valence-corrected chi connectivity index (χ1v) is 9.28. The molecule has 1 aliphatic carbocycles. The number of thiophene rings is 1. The first-order valence-electron chi connectivity index (χ1n) is 8.40. The summed E-state index contributed by atoms with van der Waals surface area (Å²) >= 11 is 1.69. The van der Waals surface area contributed by atoms with Gasteiger partial charge in [0.15, 0.2) is 0 Å². The number of rotatable bonds is 4. The van der Waals surface area contributed by atoms with Crippen LogP contribution in [0.15, 0.2) is 5.38 Å². The van der Waals surface area contributed by atoms with Gasteiger partial charge in [-0.25, -0.2) is 0 Å². The molecule has 1 aromatic heterocycles. The molecule has 0 fully saturated rings. The van der Waals surface area contributed by atoms with Gasteiger partial charge in [0.25, 0.3) is 5.91 Å². The van der Waals surface area contributed by atoms with E-state index in [1.807, 2.05) is 33.1 Å². The van der Waals surface area contributed by atoms with Gasteiger partial charge in [0.1, 0.15) is 0 Å². The van der Waals surface area contributed by atoms with E-state index in [2.05, 4.69) is 12.2 Å². The highest BCUT2D eigenvalue weighted by Crippen LogP contribution is 2.33. The fourth-order valence-electron chi connectivity index (χ4n) is 2.99. The molecule has 0 saturated carbocycles. The third kappa shape index (κ3) is 4.56. The largest absolute Gasteiger partial charge is 0.350 e. The lowest BCUT2D eigenvalue weighted by Crippen LogP contribution is -2.47. The van der Waals surface area contributed by atoms with E-state index in [4.69, 9.17) is 0 Å². The molecule has 0 spiro atoms. The molecule has 1 aliphatic rings. The second kappa shape index (κ2) is 7.04. The third-order valence-electron chi connectivity index (χ3n) is 4.15. The molecule has 128 valence electrons. The van der Waals surface area contributed by atoms with Gasteiger partial charge >= 0.3 is 0 Å². The monoisotopic (exact) mass is 336 g/mol. The zero-order valence-electron chi connectivity index (χ0n) is 14.9. The molecular weight excluding hydrogens is 308 g/mol. The highest BCUT2D eigenvalue weighted by molar-refractivity contribution is 7.10. The van der Waals surface area contributed by atoms with Gasteiger partial charge in [-0.1, -0.05) is 6.92 Å². The SMILES string of the molecule is CCN(CC(=O)NC(C)(C)C)C(=O)c1csc2c1CCC(C)C2. The van der Waals surface area contributed by atoms with E-state index in [0.29, 0.717) is 12.5 Å². The van der Waals surface area contributed by atoms with Crippen molar-refractivity contribution in [2.75, 3.05) is 13.1 Å². The Hall–Kier alpha value is -1.36. The number of hydrogen-bond acceptors (Lipinski definition) is 3. The van der Waals surface area contributed by atoms with Crippen molar-refractivity contribution in [3.05, 3.63) is 21.4 Å². The highest BCUT2D eigenvalue weighted by atomic mass is 32.1. The standard InChI is InChI=1S/C18H28N2O2S/c1-6-20(10-16(21)19-18(3,4)5)17(22)14-11-23-15-9-12(2)7-8-13(14)15/h11-12H,6-10H2,1-5H3,(H,19,21). The molecule has 0 radical (unpaired) electrons. The molecule has 1 aromatic rings. The van der Waals surface area contributed by atoms with Crippen molar-refractivity contribution in [3.63, 3.8) is 0 Å². The van der Waals surface area contributed by atoms with Crippen LogP contribution in [-0.2, 0) is 17.6 Å². The van der Waals surface area contributed by atoms with Crippen LogP contribution in [0.25, 0.3) is 0 Å². The summed E-state index contributed by atoms with van der Waals surface area (Å²) in [6.07, 6.45) is 3.19. The molecule has 5 heteroatoms. The topological polar surface area (TPSA) is 49.4 Å². The van der Waals surface area contributed by atoms with Gasteiger partial charge in [-0.15, -0.1) is 11.3 Å². The van der Waals surface area contributed by atoms with Gasteiger partial charge in [-0.3, -0.25) is 9.59 Å². The van der Waals surface area contributed by atoms with Gasteiger partial charge in [0.2, 0.25) is 5.91 Å². The number of likely N-dealkylation sites (N-methyl/N-ethyl adjacent to an activating group) is 1. The minimum absolute atomic E-state index is 0.0105. The van der Waals surface area contributed by atoms with Gasteiger partial charge in [0, 0.05) is 22.3 Å². The molecule has 1 unspecified atom stereocenters. The number of amides is 2. The molecule has 0 saturated heterocycles. The molecule has 2 rings (SSSR count). The Morgan fingerprint density at radius 2 is 2.09 bits per heavy atom. The Bertz CT molecular complexity index is 586. The van der Waals surface area contributed by atoms with Crippen molar-refractivity contribution in [3.8, 4) is 0 Å². The van der Waals surface area contributed by atoms with Crippen LogP contribution in [-0.4, -0.2) is 35.3 Å². The van der Waals surface area contributed by atoms with E-state index in [0.717, 1.165) is 24.8 Å². The third-order valence-corrected chi connectivity index (χ3v) is 5.20. The average Bonchev–Trinajstić information content (AvgIpc) is 2.84. The Labute approximate surface area is 143 Å². The van der Waals surface area contributed by atoms with Crippen LogP contribution in [0.3, 0.4) is 0 Å². The maximum Gasteiger partial charge on any atom is 0.255 e. The number of nitrogens with one attached hydrogen (secondary N) is 1. The molecular formula is C18H28N2O2S. The van der Waals surface area contributed by atoms with Crippen molar-refractivity contribution in [1.29, 1.82) is 0 Å². The van der Waals surface area contributed by atoms with Gasteiger partial charge in [-0.2, -0.15) is 0 Å². The molecule has 0 aromatic carbocycles.